The van der Waals surface area contributed by atoms with Gasteiger partial charge in [-0.15, -0.1) is 0 Å². The van der Waals surface area contributed by atoms with E-state index in [-0.39, 0.29) is 11.9 Å². The van der Waals surface area contributed by atoms with E-state index >= 15 is 0 Å². The van der Waals surface area contributed by atoms with Gasteiger partial charge in [0.2, 0.25) is 0 Å². The Morgan fingerprint density at radius 3 is 2.76 bits per heavy atom. The molecular weight excluding hydrogens is 269 g/mol. The minimum atomic E-state index is -0.333. The Bertz CT molecular complexity index is 779. The third-order valence-corrected chi connectivity index (χ3v) is 3.44. The first-order chi connectivity index (χ1) is 10.0. The van der Waals surface area contributed by atoms with E-state index in [1.165, 1.54) is 12.3 Å². The first kappa shape index (κ1) is 13.5. The zero-order valence-electron chi connectivity index (χ0n) is 12.1. The highest BCUT2D eigenvalue weighted by atomic mass is 19.1. The molecule has 0 aliphatic carbocycles. The van der Waals surface area contributed by atoms with E-state index in [1.807, 2.05) is 27.0 Å². The molecule has 0 aliphatic heterocycles. The summed E-state index contributed by atoms with van der Waals surface area (Å²) in [4.78, 5) is 8.50. The van der Waals surface area contributed by atoms with E-state index < -0.39 is 0 Å². The number of anilines is 1. The van der Waals surface area contributed by atoms with Gasteiger partial charge in [-0.05, 0) is 32.0 Å². The maximum atomic E-state index is 12.9. The van der Waals surface area contributed by atoms with Crippen molar-refractivity contribution in [2.24, 2.45) is 7.05 Å². The Balaban J connectivity index is 1.87. The van der Waals surface area contributed by atoms with E-state index in [9.17, 15) is 4.39 Å². The lowest BCUT2D eigenvalue weighted by atomic mass is 10.2. The number of hydrogen-bond acceptors (Lipinski definition) is 4. The minimum absolute atomic E-state index is 0.0400. The summed E-state index contributed by atoms with van der Waals surface area (Å²) < 4.78 is 14.7. The molecule has 0 aliphatic rings. The maximum Gasteiger partial charge on any atom is 0.157 e. The van der Waals surface area contributed by atoms with Crippen molar-refractivity contribution >= 4 is 16.7 Å². The first-order valence-electron chi connectivity index (χ1n) is 6.72. The number of nitrogens with zero attached hydrogens (tertiary/aromatic N) is 4. The van der Waals surface area contributed by atoms with Crippen LogP contribution in [0.2, 0.25) is 0 Å². The van der Waals surface area contributed by atoms with Crippen molar-refractivity contribution in [3.05, 3.63) is 47.8 Å². The molecule has 108 valence electrons. The Hall–Kier alpha value is -2.50. The van der Waals surface area contributed by atoms with E-state index in [1.54, 1.807) is 16.9 Å². The molecule has 0 amide bonds. The molecule has 0 bridgehead atoms. The summed E-state index contributed by atoms with van der Waals surface area (Å²) in [6.45, 7) is 3.93. The zero-order chi connectivity index (χ0) is 15.0. The number of nitrogens with one attached hydrogen (secondary N) is 1. The highest BCUT2D eigenvalue weighted by molar-refractivity contribution is 5.81. The van der Waals surface area contributed by atoms with Gasteiger partial charge in [-0.2, -0.15) is 5.10 Å². The molecule has 1 unspecified atom stereocenters. The van der Waals surface area contributed by atoms with Gasteiger partial charge in [0.15, 0.2) is 5.65 Å². The lowest BCUT2D eigenvalue weighted by Gasteiger charge is -2.14. The highest BCUT2D eigenvalue weighted by Gasteiger charge is 2.10. The van der Waals surface area contributed by atoms with Crippen LogP contribution in [0, 0.1) is 12.7 Å². The van der Waals surface area contributed by atoms with Gasteiger partial charge in [-0.3, -0.25) is 9.67 Å². The molecule has 3 aromatic heterocycles. The Labute approximate surface area is 121 Å². The van der Waals surface area contributed by atoms with E-state index in [0.29, 0.717) is 0 Å². The van der Waals surface area contributed by atoms with Crippen LogP contribution >= 0.6 is 0 Å². The summed E-state index contributed by atoms with van der Waals surface area (Å²) in [5.41, 5.74) is 3.46. The second-order valence-corrected chi connectivity index (χ2v) is 5.07. The fourth-order valence-electron chi connectivity index (χ4n) is 2.35. The molecule has 0 spiro atoms. The van der Waals surface area contributed by atoms with Crippen molar-refractivity contribution in [3.63, 3.8) is 0 Å². The van der Waals surface area contributed by atoms with Crippen molar-refractivity contribution in [2.45, 2.75) is 19.9 Å². The van der Waals surface area contributed by atoms with E-state index in [4.69, 9.17) is 0 Å². The van der Waals surface area contributed by atoms with Crippen LogP contribution in [0.5, 0.6) is 0 Å². The molecular formula is C15H16FN5. The molecule has 3 rings (SSSR count). The van der Waals surface area contributed by atoms with Crippen LogP contribution in [0.1, 0.15) is 24.4 Å². The summed E-state index contributed by atoms with van der Waals surface area (Å²) in [6.07, 6.45) is 2.99. The number of rotatable bonds is 3. The first-order valence-corrected chi connectivity index (χ1v) is 6.72. The average molecular weight is 285 g/mol. The van der Waals surface area contributed by atoms with Crippen LogP contribution in [-0.4, -0.2) is 19.7 Å². The number of fused-ring (bicyclic) bond motifs is 1. The molecule has 0 radical (unpaired) electrons. The smallest absolute Gasteiger partial charge is 0.157 e. The predicted molar refractivity (Wildman–Crippen MR) is 79.5 cm³/mol. The summed E-state index contributed by atoms with van der Waals surface area (Å²) in [5, 5.41) is 8.69. The Kier molecular flexibility index (Phi) is 3.29. The molecule has 21 heavy (non-hydrogen) atoms. The number of halogens is 1. The largest absolute Gasteiger partial charge is 0.376 e. The van der Waals surface area contributed by atoms with Gasteiger partial charge in [-0.1, -0.05) is 0 Å². The van der Waals surface area contributed by atoms with Crippen molar-refractivity contribution in [3.8, 4) is 0 Å². The predicted octanol–water partition coefficient (Wildman–Crippen LogP) is 2.98. The van der Waals surface area contributed by atoms with Crippen LogP contribution in [0.3, 0.4) is 0 Å². The van der Waals surface area contributed by atoms with Gasteiger partial charge >= 0.3 is 0 Å². The molecule has 0 saturated heterocycles. The third kappa shape index (κ3) is 2.56. The number of pyridine rings is 2. The Morgan fingerprint density at radius 1 is 1.24 bits per heavy atom. The van der Waals surface area contributed by atoms with Crippen LogP contribution in [-0.2, 0) is 7.05 Å². The number of aryl methyl sites for hydroxylation is 2. The second kappa shape index (κ2) is 5.12. The lowest BCUT2D eigenvalue weighted by Crippen LogP contribution is -2.08. The van der Waals surface area contributed by atoms with Gasteiger partial charge < -0.3 is 5.32 Å². The van der Waals surface area contributed by atoms with E-state index in [0.717, 1.165) is 28.1 Å². The average Bonchev–Trinajstić information content (AvgIpc) is 2.74. The van der Waals surface area contributed by atoms with Crippen molar-refractivity contribution < 1.29 is 4.39 Å². The number of aromatic nitrogens is 4. The van der Waals surface area contributed by atoms with Crippen LogP contribution in [0.25, 0.3) is 11.0 Å². The molecule has 0 aromatic carbocycles. The highest BCUT2D eigenvalue weighted by Crippen LogP contribution is 2.22. The maximum absolute atomic E-state index is 12.9. The number of hydrogen-bond donors (Lipinski definition) is 1. The normalized spacial score (nSPS) is 12.6. The fourth-order valence-corrected chi connectivity index (χ4v) is 2.35. The second-order valence-electron chi connectivity index (χ2n) is 5.07. The molecule has 1 N–H and O–H groups in total. The quantitative estimate of drug-likeness (QED) is 0.803. The van der Waals surface area contributed by atoms with Crippen molar-refractivity contribution in [1.29, 1.82) is 0 Å². The molecule has 5 nitrogen and oxygen atoms in total. The summed E-state index contributed by atoms with van der Waals surface area (Å²) in [5.74, 6) is -0.333. The van der Waals surface area contributed by atoms with Crippen LogP contribution in [0.4, 0.5) is 10.1 Å². The summed E-state index contributed by atoms with van der Waals surface area (Å²) >= 11 is 0. The van der Waals surface area contributed by atoms with Crippen molar-refractivity contribution in [2.75, 3.05) is 5.32 Å². The van der Waals surface area contributed by atoms with Crippen LogP contribution in [0.15, 0.2) is 30.6 Å². The summed E-state index contributed by atoms with van der Waals surface area (Å²) in [7, 11) is 1.88. The molecule has 3 aromatic rings. The third-order valence-electron chi connectivity index (χ3n) is 3.44. The Morgan fingerprint density at radius 2 is 2.05 bits per heavy atom. The van der Waals surface area contributed by atoms with Gasteiger partial charge in [0, 0.05) is 12.4 Å². The van der Waals surface area contributed by atoms with Gasteiger partial charge in [-0.25, -0.2) is 9.37 Å². The zero-order valence-corrected chi connectivity index (χ0v) is 12.1. The van der Waals surface area contributed by atoms with Gasteiger partial charge in [0.25, 0.3) is 0 Å². The fraction of sp³-hybridized carbons (Fsp3) is 0.267. The molecule has 0 saturated carbocycles. The standard InChI is InChI=1S/C15H16FN5/c1-9-13-6-12(8-18-15(13)21(3)20-9)19-10(2)14-5-4-11(16)7-17-14/h4-8,10,19H,1-3H3. The topological polar surface area (TPSA) is 55.6 Å². The molecule has 0 fully saturated rings. The summed E-state index contributed by atoms with van der Waals surface area (Å²) in [6, 6.07) is 5.06. The molecule has 6 heteroatoms. The van der Waals surface area contributed by atoms with E-state index in [2.05, 4.69) is 20.4 Å². The molecule has 1 atom stereocenters. The minimum Gasteiger partial charge on any atom is -0.376 e. The molecule has 3 heterocycles. The monoisotopic (exact) mass is 285 g/mol. The SMILES string of the molecule is Cc1nn(C)c2ncc(NC(C)c3ccc(F)cn3)cc12. The van der Waals surface area contributed by atoms with Gasteiger partial charge in [0.05, 0.1) is 35.5 Å². The van der Waals surface area contributed by atoms with Crippen LogP contribution < -0.4 is 5.32 Å². The van der Waals surface area contributed by atoms with Crippen molar-refractivity contribution in [1.82, 2.24) is 19.7 Å². The van der Waals surface area contributed by atoms with Gasteiger partial charge in [0.1, 0.15) is 5.82 Å². The lowest BCUT2D eigenvalue weighted by molar-refractivity contribution is 0.617.